The average Bonchev–Trinajstić information content (AvgIpc) is 3.07. The van der Waals surface area contributed by atoms with Crippen molar-refractivity contribution in [3.05, 3.63) is 40.3 Å². The van der Waals surface area contributed by atoms with Gasteiger partial charge in [-0.25, -0.2) is 9.78 Å². The Hall–Kier alpha value is -2.21. The molecule has 1 saturated carbocycles. The number of hydrogen-bond donors (Lipinski definition) is 0. The minimum atomic E-state index is -0.622. The van der Waals surface area contributed by atoms with Crippen LogP contribution in [0, 0.1) is 11.3 Å². The molecular formula is C28H39N3O3. The van der Waals surface area contributed by atoms with Gasteiger partial charge >= 0.3 is 5.97 Å². The van der Waals surface area contributed by atoms with Crippen molar-refractivity contribution in [1.82, 2.24) is 14.5 Å². The van der Waals surface area contributed by atoms with Gasteiger partial charge in [0.05, 0.1) is 17.6 Å². The van der Waals surface area contributed by atoms with Crippen molar-refractivity contribution in [2.75, 3.05) is 6.61 Å². The zero-order valence-electron chi connectivity index (χ0n) is 21.1. The summed E-state index contributed by atoms with van der Waals surface area (Å²) in [5, 5.41) is 0. The lowest BCUT2D eigenvalue weighted by Crippen LogP contribution is -2.51. The van der Waals surface area contributed by atoms with Gasteiger partial charge in [0.1, 0.15) is 0 Å². The van der Waals surface area contributed by atoms with Crippen LogP contribution in [0.1, 0.15) is 95.6 Å². The minimum absolute atomic E-state index is 0.0872. The van der Waals surface area contributed by atoms with Crippen LogP contribution in [0.25, 0.3) is 11.0 Å². The van der Waals surface area contributed by atoms with E-state index in [1.807, 2.05) is 28.8 Å². The van der Waals surface area contributed by atoms with E-state index in [1.165, 1.54) is 38.5 Å². The molecule has 5 rings (SSSR count). The van der Waals surface area contributed by atoms with E-state index in [1.54, 1.807) is 6.92 Å². The molecule has 2 aromatic rings. The predicted molar refractivity (Wildman–Crippen MR) is 134 cm³/mol. The van der Waals surface area contributed by atoms with Crippen LogP contribution in [0.15, 0.2) is 29.1 Å². The highest BCUT2D eigenvalue weighted by molar-refractivity contribution is 5.89. The van der Waals surface area contributed by atoms with Crippen LogP contribution in [-0.2, 0) is 4.74 Å². The molecule has 184 valence electrons. The van der Waals surface area contributed by atoms with Gasteiger partial charge in [0.15, 0.2) is 0 Å². The van der Waals surface area contributed by atoms with E-state index in [-0.39, 0.29) is 23.9 Å². The summed E-state index contributed by atoms with van der Waals surface area (Å²) in [6, 6.07) is 9.49. The third-order valence-corrected chi connectivity index (χ3v) is 8.74. The van der Waals surface area contributed by atoms with E-state index < -0.39 is 5.97 Å². The number of esters is 1. The van der Waals surface area contributed by atoms with Gasteiger partial charge < -0.3 is 9.30 Å². The number of benzene rings is 1. The fourth-order valence-corrected chi connectivity index (χ4v) is 7.08. The van der Waals surface area contributed by atoms with Gasteiger partial charge in [-0.1, -0.05) is 32.9 Å². The number of fused-ring (bicyclic) bond motifs is 3. The SMILES string of the molecule is CCOC(=O)c1nc2ccccc2n([C@H]2C[C@H]3CC[C@@H](C2)N3[C@H]2CC[C@H](C(C)(C)C)CC2)c1=O. The zero-order chi connectivity index (χ0) is 24.0. The van der Waals surface area contributed by atoms with E-state index in [9.17, 15) is 9.59 Å². The monoisotopic (exact) mass is 465 g/mol. The Morgan fingerprint density at radius 3 is 2.21 bits per heavy atom. The molecule has 1 aliphatic carbocycles. The van der Waals surface area contributed by atoms with E-state index >= 15 is 0 Å². The Balaban J connectivity index is 1.41. The number of piperidine rings is 1. The van der Waals surface area contributed by atoms with Crippen LogP contribution in [-0.4, -0.2) is 45.2 Å². The third kappa shape index (κ3) is 4.19. The van der Waals surface area contributed by atoms with Crippen LogP contribution < -0.4 is 5.56 Å². The van der Waals surface area contributed by atoms with Crippen LogP contribution in [0.2, 0.25) is 0 Å². The Bertz CT molecular complexity index is 1100. The molecule has 1 aromatic carbocycles. The smallest absolute Gasteiger partial charge is 0.362 e. The predicted octanol–water partition coefficient (Wildman–Crippen LogP) is 5.35. The van der Waals surface area contributed by atoms with Gasteiger partial charge in [-0.3, -0.25) is 9.69 Å². The molecular weight excluding hydrogens is 426 g/mol. The van der Waals surface area contributed by atoms with Crippen molar-refractivity contribution >= 4 is 17.0 Å². The normalized spacial score (nSPS) is 29.9. The standard InChI is InChI=1S/C28H39N3O3/c1-5-34-27(33)25-26(32)31(24-9-7-6-8-23(24)29-25)22-16-20-14-15-21(17-22)30(20)19-12-10-18(11-13-19)28(2,3)4/h6-9,18-22H,5,10-17H2,1-4H3/t18-,19-,20-,21+,22+. The van der Waals surface area contributed by atoms with Crippen molar-refractivity contribution in [2.24, 2.45) is 11.3 Å². The number of carbonyl (C=O) groups is 1. The molecule has 3 heterocycles. The highest BCUT2D eigenvalue weighted by Gasteiger charge is 2.46. The lowest BCUT2D eigenvalue weighted by Gasteiger charge is -2.47. The quantitative estimate of drug-likeness (QED) is 0.570. The molecule has 0 radical (unpaired) electrons. The summed E-state index contributed by atoms with van der Waals surface area (Å²) in [5.74, 6) is 0.199. The van der Waals surface area contributed by atoms with E-state index in [4.69, 9.17) is 4.74 Å². The molecule has 0 amide bonds. The number of ether oxygens (including phenoxy) is 1. The van der Waals surface area contributed by atoms with Crippen molar-refractivity contribution in [3.63, 3.8) is 0 Å². The second-order valence-electron chi connectivity index (χ2n) is 11.7. The molecule has 3 fully saturated rings. The molecule has 2 saturated heterocycles. The summed E-state index contributed by atoms with van der Waals surface area (Å²) in [7, 11) is 0. The maximum Gasteiger partial charge on any atom is 0.362 e. The molecule has 0 N–H and O–H groups in total. The number of rotatable bonds is 4. The van der Waals surface area contributed by atoms with E-state index in [2.05, 4.69) is 30.7 Å². The fraction of sp³-hybridized carbons (Fsp3) is 0.679. The van der Waals surface area contributed by atoms with Gasteiger partial charge in [-0.2, -0.15) is 0 Å². The number of aromatic nitrogens is 2. The number of nitrogens with zero attached hydrogens (tertiary/aromatic N) is 3. The van der Waals surface area contributed by atoms with E-state index in [0.717, 1.165) is 24.3 Å². The molecule has 0 unspecified atom stereocenters. The van der Waals surface area contributed by atoms with Gasteiger partial charge in [0.2, 0.25) is 5.69 Å². The largest absolute Gasteiger partial charge is 0.461 e. The maximum atomic E-state index is 13.5. The van der Waals surface area contributed by atoms with Gasteiger partial charge in [-0.15, -0.1) is 0 Å². The summed E-state index contributed by atoms with van der Waals surface area (Å²) < 4.78 is 7.03. The van der Waals surface area contributed by atoms with Crippen LogP contribution >= 0.6 is 0 Å². The number of para-hydroxylation sites is 2. The molecule has 34 heavy (non-hydrogen) atoms. The first-order chi connectivity index (χ1) is 16.3. The topological polar surface area (TPSA) is 64.4 Å². The second kappa shape index (κ2) is 9.10. The first-order valence-electron chi connectivity index (χ1n) is 13.2. The highest BCUT2D eigenvalue weighted by atomic mass is 16.5. The Kier molecular flexibility index (Phi) is 6.30. The Labute approximate surface area is 202 Å². The summed E-state index contributed by atoms with van der Waals surface area (Å²) in [6.07, 6.45) is 9.59. The lowest BCUT2D eigenvalue weighted by atomic mass is 9.71. The van der Waals surface area contributed by atoms with Crippen molar-refractivity contribution in [2.45, 2.75) is 103 Å². The average molecular weight is 466 g/mol. The second-order valence-corrected chi connectivity index (χ2v) is 11.7. The highest BCUT2D eigenvalue weighted by Crippen LogP contribution is 2.46. The molecule has 2 bridgehead atoms. The van der Waals surface area contributed by atoms with Gasteiger partial charge in [0, 0.05) is 24.2 Å². The van der Waals surface area contributed by atoms with E-state index in [0.29, 0.717) is 29.1 Å². The first kappa shape index (κ1) is 23.5. The maximum absolute atomic E-state index is 13.5. The minimum Gasteiger partial charge on any atom is -0.461 e. The summed E-state index contributed by atoms with van der Waals surface area (Å²) >= 11 is 0. The lowest BCUT2D eigenvalue weighted by molar-refractivity contribution is 0.0248. The number of carbonyl (C=O) groups excluding carboxylic acids is 1. The molecule has 6 heteroatoms. The summed E-state index contributed by atoms with van der Waals surface area (Å²) in [5.41, 5.74) is 1.51. The summed E-state index contributed by atoms with van der Waals surface area (Å²) in [6.45, 7) is 9.13. The molecule has 6 nitrogen and oxygen atoms in total. The molecule has 1 aromatic heterocycles. The Morgan fingerprint density at radius 2 is 1.59 bits per heavy atom. The molecule has 3 aliphatic rings. The summed E-state index contributed by atoms with van der Waals surface area (Å²) in [4.78, 5) is 33.3. The van der Waals surface area contributed by atoms with Gasteiger partial charge in [0.25, 0.3) is 5.56 Å². The third-order valence-electron chi connectivity index (χ3n) is 8.74. The molecule has 3 atom stereocenters. The van der Waals surface area contributed by atoms with Crippen LogP contribution in [0.4, 0.5) is 0 Å². The Morgan fingerprint density at radius 1 is 0.971 bits per heavy atom. The van der Waals surface area contributed by atoms with Crippen molar-refractivity contribution in [3.8, 4) is 0 Å². The first-order valence-corrected chi connectivity index (χ1v) is 13.2. The van der Waals surface area contributed by atoms with Gasteiger partial charge in [-0.05, 0) is 81.8 Å². The van der Waals surface area contributed by atoms with Crippen molar-refractivity contribution in [1.29, 1.82) is 0 Å². The van der Waals surface area contributed by atoms with Crippen LogP contribution in [0.3, 0.4) is 0 Å². The molecule has 2 aliphatic heterocycles. The van der Waals surface area contributed by atoms with Crippen LogP contribution in [0.5, 0.6) is 0 Å². The zero-order valence-corrected chi connectivity index (χ0v) is 21.1. The van der Waals surface area contributed by atoms with Crippen molar-refractivity contribution < 1.29 is 9.53 Å². The fourth-order valence-electron chi connectivity index (χ4n) is 7.08. The molecule has 0 spiro atoms. The number of hydrogen-bond acceptors (Lipinski definition) is 5.